The summed E-state index contributed by atoms with van der Waals surface area (Å²) >= 11 is 0. The van der Waals surface area contributed by atoms with E-state index in [9.17, 15) is 14.9 Å². The highest BCUT2D eigenvalue weighted by molar-refractivity contribution is 6.07. The number of para-hydroxylation sites is 1. The molecule has 0 atom stereocenters. The quantitative estimate of drug-likeness (QED) is 0.688. The number of rotatable bonds is 4. The van der Waals surface area contributed by atoms with E-state index in [0.717, 1.165) is 0 Å². The first-order valence-electron chi connectivity index (χ1n) is 6.08. The molecule has 7 heteroatoms. The van der Waals surface area contributed by atoms with Gasteiger partial charge in [-0.3, -0.25) is 19.9 Å². The minimum Gasteiger partial charge on any atom is -0.494 e. The maximum absolute atomic E-state index is 12.3. The van der Waals surface area contributed by atoms with Crippen molar-refractivity contribution in [2.75, 3.05) is 12.4 Å². The normalized spacial score (nSPS) is 10.0. The second-order valence-electron chi connectivity index (χ2n) is 4.26. The van der Waals surface area contributed by atoms with Gasteiger partial charge in [0.1, 0.15) is 17.0 Å². The van der Waals surface area contributed by atoms with Gasteiger partial charge in [0.2, 0.25) is 0 Å². The second-order valence-corrected chi connectivity index (χ2v) is 4.26. The number of aryl methyl sites for hydroxylation is 1. The molecule has 2 rings (SSSR count). The zero-order chi connectivity index (χ0) is 15.4. The number of methoxy groups -OCH3 is 1. The van der Waals surface area contributed by atoms with Gasteiger partial charge in [-0.25, -0.2) is 0 Å². The molecule has 0 saturated carbocycles. The van der Waals surface area contributed by atoms with Crippen LogP contribution in [0.25, 0.3) is 0 Å². The summed E-state index contributed by atoms with van der Waals surface area (Å²) in [6, 6.07) is 6.17. The van der Waals surface area contributed by atoms with Gasteiger partial charge in [0.05, 0.1) is 18.2 Å². The SMILES string of the molecule is COc1ccncc1NC(=O)c1cccc(C)c1[N+](=O)[O-]. The van der Waals surface area contributed by atoms with Gasteiger partial charge >= 0.3 is 0 Å². The van der Waals surface area contributed by atoms with Crippen molar-refractivity contribution in [2.24, 2.45) is 0 Å². The van der Waals surface area contributed by atoms with Crippen molar-refractivity contribution in [3.05, 3.63) is 57.9 Å². The molecule has 0 aliphatic heterocycles. The van der Waals surface area contributed by atoms with Crippen LogP contribution in [0.15, 0.2) is 36.7 Å². The number of aromatic nitrogens is 1. The van der Waals surface area contributed by atoms with E-state index in [4.69, 9.17) is 4.74 Å². The van der Waals surface area contributed by atoms with Crippen LogP contribution in [0.2, 0.25) is 0 Å². The number of carbonyl (C=O) groups is 1. The molecule has 0 spiro atoms. The average molecular weight is 287 g/mol. The highest BCUT2D eigenvalue weighted by atomic mass is 16.6. The van der Waals surface area contributed by atoms with Crippen molar-refractivity contribution >= 4 is 17.3 Å². The lowest BCUT2D eigenvalue weighted by Crippen LogP contribution is -2.15. The van der Waals surface area contributed by atoms with Crippen LogP contribution in [-0.4, -0.2) is 22.9 Å². The van der Waals surface area contributed by atoms with Gasteiger partial charge in [0.25, 0.3) is 11.6 Å². The number of anilines is 1. The van der Waals surface area contributed by atoms with Crippen LogP contribution in [-0.2, 0) is 0 Å². The number of hydrogen-bond acceptors (Lipinski definition) is 5. The highest BCUT2D eigenvalue weighted by Crippen LogP contribution is 2.26. The number of ether oxygens (including phenoxy) is 1. The Bertz CT molecular complexity index is 700. The fourth-order valence-corrected chi connectivity index (χ4v) is 1.93. The van der Waals surface area contributed by atoms with Crippen LogP contribution >= 0.6 is 0 Å². The summed E-state index contributed by atoms with van der Waals surface area (Å²) in [5, 5.41) is 13.7. The third kappa shape index (κ3) is 2.97. The lowest BCUT2D eigenvalue weighted by Gasteiger charge is -2.10. The van der Waals surface area contributed by atoms with E-state index in [2.05, 4.69) is 10.3 Å². The summed E-state index contributed by atoms with van der Waals surface area (Å²) in [4.78, 5) is 26.7. The van der Waals surface area contributed by atoms with E-state index in [1.54, 1.807) is 25.1 Å². The maximum atomic E-state index is 12.3. The summed E-state index contributed by atoms with van der Waals surface area (Å²) in [6.07, 6.45) is 2.93. The molecule has 0 aliphatic carbocycles. The van der Waals surface area contributed by atoms with E-state index in [1.807, 2.05) is 0 Å². The van der Waals surface area contributed by atoms with Crippen molar-refractivity contribution in [3.8, 4) is 5.75 Å². The van der Waals surface area contributed by atoms with E-state index in [1.165, 1.54) is 25.6 Å². The van der Waals surface area contributed by atoms with Crippen molar-refractivity contribution < 1.29 is 14.5 Å². The molecule has 1 heterocycles. The van der Waals surface area contributed by atoms with Crippen LogP contribution < -0.4 is 10.1 Å². The fourth-order valence-electron chi connectivity index (χ4n) is 1.93. The molecule has 0 unspecified atom stereocenters. The van der Waals surface area contributed by atoms with E-state index >= 15 is 0 Å². The number of nitro groups is 1. The predicted molar refractivity (Wildman–Crippen MR) is 76.6 cm³/mol. The zero-order valence-electron chi connectivity index (χ0n) is 11.5. The third-order valence-corrected chi connectivity index (χ3v) is 2.91. The number of hydrogen-bond donors (Lipinski definition) is 1. The third-order valence-electron chi connectivity index (χ3n) is 2.91. The molecule has 0 aliphatic rings. The molecule has 7 nitrogen and oxygen atoms in total. The van der Waals surface area contributed by atoms with Crippen molar-refractivity contribution in [1.29, 1.82) is 0 Å². The van der Waals surface area contributed by atoms with Crippen LogP contribution in [0.1, 0.15) is 15.9 Å². The highest BCUT2D eigenvalue weighted by Gasteiger charge is 2.23. The number of amides is 1. The Hall–Kier alpha value is -2.96. The molecule has 2 aromatic rings. The molecule has 0 bridgehead atoms. The molecular formula is C14H13N3O4. The minimum absolute atomic E-state index is 0.00842. The van der Waals surface area contributed by atoms with Crippen LogP contribution in [0.5, 0.6) is 5.75 Å². The summed E-state index contributed by atoms with van der Waals surface area (Å²) in [5.74, 6) is -0.162. The van der Waals surface area contributed by atoms with Crippen molar-refractivity contribution in [1.82, 2.24) is 4.98 Å². The Kier molecular flexibility index (Phi) is 4.13. The molecular weight excluding hydrogens is 274 g/mol. The standard InChI is InChI=1S/C14H13N3O4/c1-9-4-3-5-10(13(9)17(19)20)14(18)16-11-8-15-7-6-12(11)21-2/h3-8H,1-2H3,(H,16,18). The minimum atomic E-state index is -0.586. The maximum Gasteiger partial charge on any atom is 0.285 e. The van der Waals surface area contributed by atoms with E-state index < -0.39 is 10.8 Å². The van der Waals surface area contributed by atoms with Gasteiger partial charge in [-0.1, -0.05) is 12.1 Å². The van der Waals surface area contributed by atoms with Crippen LogP contribution in [0.3, 0.4) is 0 Å². The van der Waals surface area contributed by atoms with Crippen molar-refractivity contribution in [3.63, 3.8) is 0 Å². The van der Waals surface area contributed by atoms with Crippen LogP contribution in [0.4, 0.5) is 11.4 Å². The zero-order valence-corrected chi connectivity index (χ0v) is 11.5. The molecule has 1 aromatic carbocycles. The molecule has 1 N–H and O–H groups in total. The van der Waals surface area contributed by atoms with Crippen LogP contribution in [0, 0.1) is 17.0 Å². The predicted octanol–water partition coefficient (Wildman–Crippen LogP) is 2.56. The summed E-state index contributed by atoms with van der Waals surface area (Å²) in [5.41, 5.74) is 0.551. The van der Waals surface area contributed by atoms with E-state index in [0.29, 0.717) is 17.0 Å². The molecule has 0 fully saturated rings. The first kappa shape index (κ1) is 14.4. The molecule has 0 saturated heterocycles. The monoisotopic (exact) mass is 287 g/mol. The Labute approximate surface area is 120 Å². The summed E-state index contributed by atoms with van der Waals surface area (Å²) in [6.45, 7) is 1.58. The fraction of sp³-hybridized carbons (Fsp3) is 0.143. The molecule has 108 valence electrons. The topological polar surface area (TPSA) is 94.4 Å². The smallest absolute Gasteiger partial charge is 0.285 e. The van der Waals surface area contributed by atoms with Gasteiger partial charge in [0.15, 0.2) is 0 Å². The largest absolute Gasteiger partial charge is 0.494 e. The summed E-state index contributed by atoms with van der Waals surface area (Å²) in [7, 11) is 1.46. The molecule has 0 radical (unpaired) electrons. The number of nitrogens with zero attached hydrogens (tertiary/aromatic N) is 2. The van der Waals surface area contributed by atoms with E-state index in [-0.39, 0.29) is 11.3 Å². The second kappa shape index (κ2) is 6.00. The van der Waals surface area contributed by atoms with Gasteiger partial charge < -0.3 is 10.1 Å². The first-order chi connectivity index (χ1) is 10.0. The summed E-state index contributed by atoms with van der Waals surface area (Å²) < 4.78 is 5.09. The van der Waals surface area contributed by atoms with Gasteiger partial charge in [-0.05, 0) is 13.0 Å². The first-order valence-corrected chi connectivity index (χ1v) is 6.08. The van der Waals surface area contributed by atoms with Gasteiger partial charge in [0, 0.05) is 17.8 Å². The molecule has 1 aromatic heterocycles. The number of carbonyl (C=O) groups excluding carboxylic acids is 1. The Morgan fingerprint density at radius 1 is 1.38 bits per heavy atom. The lowest BCUT2D eigenvalue weighted by molar-refractivity contribution is -0.385. The molecule has 21 heavy (non-hydrogen) atoms. The Morgan fingerprint density at radius 2 is 2.14 bits per heavy atom. The van der Waals surface area contributed by atoms with Gasteiger partial charge in [-0.2, -0.15) is 0 Å². The lowest BCUT2D eigenvalue weighted by atomic mass is 10.1. The number of nitrogens with one attached hydrogen (secondary N) is 1. The Morgan fingerprint density at radius 3 is 2.81 bits per heavy atom. The number of pyridine rings is 1. The van der Waals surface area contributed by atoms with Crippen molar-refractivity contribution in [2.45, 2.75) is 6.92 Å². The number of benzene rings is 1. The van der Waals surface area contributed by atoms with Gasteiger partial charge in [-0.15, -0.1) is 0 Å². The number of nitro benzene ring substituents is 1. The molecule has 1 amide bonds. The average Bonchev–Trinajstić information content (AvgIpc) is 2.47. The Balaban J connectivity index is 2.38.